The minimum Gasteiger partial charge on any atom is -0.385 e. The van der Waals surface area contributed by atoms with Gasteiger partial charge in [0, 0.05) is 37.5 Å². The molecule has 134 valence electrons. The highest BCUT2D eigenvalue weighted by Crippen LogP contribution is 2.31. The number of nitrogens with one attached hydrogen (secondary N) is 2. The predicted octanol–water partition coefficient (Wildman–Crippen LogP) is 1.52. The van der Waals surface area contributed by atoms with Crippen molar-refractivity contribution < 1.29 is 9.47 Å². The Hall–Kier alpha value is -2.37. The molecule has 25 heavy (non-hydrogen) atoms. The highest BCUT2D eigenvalue weighted by atomic mass is 16.5. The van der Waals surface area contributed by atoms with Gasteiger partial charge in [0.25, 0.3) is 0 Å². The lowest BCUT2D eigenvalue weighted by Gasteiger charge is -2.09. The van der Waals surface area contributed by atoms with Gasteiger partial charge in [-0.15, -0.1) is 0 Å². The Labute approximate surface area is 149 Å². The van der Waals surface area contributed by atoms with Crippen molar-refractivity contribution in [1.29, 1.82) is 15.8 Å². The van der Waals surface area contributed by atoms with Crippen LogP contribution in [0.5, 0.6) is 0 Å². The number of allylic oxidation sites excluding steroid dienone is 4. The lowest BCUT2D eigenvalue weighted by Crippen LogP contribution is -2.26. The number of nitriles is 3. The molecule has 7 heteroatoms. The van der Waals surface area contributed by atoms with Gasteiger partial charge in [-0.25, -0.2) is 0 Å². The molecule has 1 rings (SSSR count). The standard InChI is InChI=1S/C18H25N5O2/c1-2-8-24-9-5-22-6-10-25-11-7-23-18-4-3-16(17(18)14-21)15(12-19)13-20/h22-23H,2-11H2,1H3. The van der Waals surface area contributed by atoms with Gasteiger partial charge in [0.1, 0.15) is 23.8 Å². The van der Waals surface area contributed by atoms with Crippen LogP contribution < -0.4 is 10.6 Å². The Morgan fingerprint density at radius 3 is 2.20 bits per heavy atom. The van der Waals surface area contributed by atoms with Crippen molar-refractivity contribution in [3.8, 4) is 18.2 Å². The molecule has 7 nitrogen and oxygen atoms in total. The molecule has 0 atom stereocenters. The van der Waals surface area contributed by atoms with E-state index < -0.39 is 0 Å². The molecule has 0 radical (unpaired) electrons. The van der Waals surface area contributed by atoms with Crippen LogP contribution in [0, 0.1) is 34.0 Å². The third kappa shape index (κ3) is 7.37. The summed E-state index contributed by atoms with van der Waals surface area (Å²) < 4.78 is 10.9. The van der Waals surface area contributed by atoms with E-state index in [0.717, 1.165) is 31.8 Å². The quantitative estimate of drug-likeness (QED) is 0.408. The molecule has 0 spiro atoms. The molecule has 0 bridgehead atoms. The lowest BCUT2D eigenvalue weighted by atomic mass is 10.0. The van der Waals surface area contributed by atoms with Crippen molar-refractivity contribution in [2.24, 2.45) is 0 Å². The molecule has 0 fully saturated rings. The van der Waals surface area contributed by atoms with Gasteiger partial charge in [0.2, 0.25) is 0 Å². The Balaban J connectivity index is 2.21. The summed E-state index contributed by atoms with van der Waals surface area (Å²) in [5.41, 5.74) is 1.78. The summed E-state index contributed by atoms with van der Waals surface area (Å²) >= 11 is 0. The summed E-state index contributed by atoms with van der Waals surface area (Å²) in [7, 11) is 0. The molecule has 0 amide bonds. The van der Waals surface area contributed by atoms with Gasteiger partial charge in [-0.3, -0.25) is 0 Å². The van der Waals surface area contributed by atoms with E-state index >= 15 is 0 Å². The maximum Gasteiger partial charge on any atom is 0.134 e. The summed E-state index contributed by atoms with van der Waals surface area (Å²) in [5.74, 6) is 0. The Bertz CT molecular complexity index is 588. The molecule has 2 N–H and O–H groups in total. The first kappa shape index (κ1) is 20.7. The second-order valence-electron chi connectivity index (χ2n) is 5.44. The van der Waals surface area contributed by atoms with Gasteiger partial charge in [0.05, 0.1) is 25.4 Å². The SMILES string of the molecule is CCCOCCNCCOCCNC1=C(C#N)C(=C(C#N)C#N)CC1. The van der Waals surface area contributed by atoms with Crippen LogP contribution in [0.4, 0.5) is 0 Å². The van der Waals surface area contributed by atoms with Crippen LogP contribution in [-0.4, -0.2) is 46.1 Å². The van der Waals surface area contributed by atoms with Gasteiger partial charge in [-0.2, -0.15) is 15.8 Å². The minimum absolute atomic E-state index is 0.0265. The number of nitrogens with zero attached hydrogens (tertiary/aromatic N) is 3. The topological polar surface area (TPSA) is 114 Å². The Kier molecular flexibility index (Phi) is 10.7. The van der Waals surface area contributed by atoms with Gasteiger partial charge in [0.15, 0.2) is 0 Å². The number of hydrogen-bond acceptors (Lipinski definition) is 7. The zero-order chi connectivity index (χ0) is 18.3. The second-order valence-corrected chi connectivity index (χ2v) is 5.44. The van der Waals surface area contributed by atoms with E-state index in [9.17, 15) is 5.26 Å². The molecule has 0 aromatic carbocycles. The zero-order valence-electron chi connectivity index (χ0n) is 14.7. The van der Waals surface area contributed by atoms with E-state index in [0.29, 0.717) is 50.4 Å². The fourth-order valence-electron chi connectivity index (χ4n) is 2.44. The van der Waals surface area contributed by atoms with Gasteiger partial charge < -0.3 is 20.1 Å². The van der Waals surface area contributed by atoms with E-state index in [1.165, 1.54) is 0 Å². The van der Waals surface area contributed by atoms with Crippen LogP contribution in [0.15, 0.2) is 22.4 Å². The van der Waals surface area contributed by atoms with Gasteiger partial charge in [-0.1, -0.05) is 6.92 Å². The first-order valence-corrected chi connectivity index (χ1v) is 8.55. The Morgan fingerprint density at radius 1 is 0.960 bits per heavy atom. The van der Waals surface area contributed by atoms with Gasteiger partial charge in [-0.05, 0) is 19.3 Å². The molecular formula is C18H25N5O2. The number of hydrogen-bond donors (Lipinski definition) is 2. The van der Waals surface area contributed by atoms with Crippen molar-refractivity contribution in [1.82, 2.24) is 10.6 Å². The third-order valence-corrected chi connectivity index (χ3v) is 3.65. The maximum absolute atomic E-state index is 9.27. The van der Waals surface area contributed by atoms with Crippen LogP contribution in [0.25, 0.3) is 0 Å². The smallest absolute Gasteiger partial charge is 0.134 e. The molecule has 0 aromatic rings. The average molecular weight is 343 g/mol. The van der Waals surface area contributed by atoms with Crippen LogP contribution in [0.1, 0.15) is 26.2 Å². The monoisotopic (exact) mass is 343 g/mol. The van der Waals surface area contributed by atoms with Crippen molar-refractivity contribution >= 4 is 0 Å². The third-order valence-electron chi connectivity index (χ3n) is 3.65. The zero-order valence-corrected chi connectivity index (χ0v) is 14.7. The summed E-state index contributed by atoms with van der Waals surface area (Å²) in [6.45, 7) is 6.89. The highest BCUT2D eigenvalue weighted by molar-refractivity contribution is 5.58. The molecule has 0 saturated heterocycles. The summed E-state index contributed by atoms with van der Waals surface area (Å²) in [4.78, 5) is 0. The Morgan fingerprint density at radius 2 is 1.60 bits per heavy atom. The molecule has 0 saturated carbocycles. The average Bonchev–Trinajstić information content (AvgIpc) is 3.03. The van der Waals surface area contributed by atoms with E-state index in [1.807, 2.05) is 12.1 Å². The van der Waals surface area contributed by atoms with Crippen molar-refractivity contribution in [3.63, 3.8) is 0 Å². The van der Waals surface area contributed by atoms with Crippen LogP contribution in [0.2, 0.25) is 0 Å². The lowest BCUT2D eigenvalue weighted by molar-refractivity contribution is 0.123. The van der Waals surface area contributed by atoms with Crippen LogP contribution in [-0.2, 0) is 9.47 Å². The summed E-state index contributed by atoms with van der Waals surface area (Å²) in [5, 5.41) is 33.6. The number of rotatable bonds is 12. The highest BCUT2D eigenvalue weighted by Gasteiger charge is 2.23. The summed E-state index contributed by atoms with van der Waals surface area (Å²) in [6, 6.07) is 5.81. The van der Waals surface area contributed by atoms with E-state index in [-0.39, 0.29) is 5.57 Å². The first-order chi connectivity index (χ1) is 12.3. The van der Waals surface area contributed by atoms with E-state index in [1.54, 1.807) is 0 Å². The molecule has 0 unspecified atom stereocenters. The molecular weight excluding hydrogens is 318 g/mol. The van der Waals surface area contributed by atoms with E-state index in [4.69, 9.17) is 20.0 Å². The van der Waals surface area contributed by atoms with Crippen molar-refractivity contribution in [2.45, 2.75) is 26.2 Å². The molecule has 0 heterocycles. The van der Waals surface area contributed by atoms with Crippen molar-refractivity contribution in [3.05, 3.63) is 22.4 Å². The van der Waals surface area contributed by atoms with Gasteiger partial charge >= 0.3 is 0 Å². The fraction of sp³-hybridized carbons (Fsp3) is 0.611. The van der Waals surface area contributed by atoms with E-state index in [2.05, 4.69) is 23.6 Å². The molecule has 1 aliphatic carbocycles. The van der Waals surface area contributed by atoms with Crippen LogP contribution >= 0.6 is 0 Å². The molecule has 0 aromatic heterocycles. The summed E-state index contributed by atoms with van der Waals surface area (Å²) in [6.07, 6.45) is 2.22. The van der Waals surface area contributed by atoms with Crippen LogP contribution in [0.3, 0.4) is 0 Å². The normalized spacial score (nSPS) is 13.3. The molecule has 0 aliphatic heterocycles. The fourth-order valence-corrected chi connectivity index (χ4v) is 2.44. The first-order valence-electron chi connectivity index (χ1n) is 8.55. The minimum atomic E-state index is 0.0265. The van der Waals surface area contributed by atoms with Crippen molar-refractivity contribution in [2.75, 3.05) is 46.1 Å². The largest absolute Gasteiger partial charge is 0.385 e. The second kappa shape index (κ2) is 13.0. The number of ether oxygens (including phenoxy) is 2. The molecule has 1 aliphatic rings. The predicted molar refractivity (Wildman–Crippen MR) is 92.9 cm³/mol. The maximum atomic E-state index is 9.27.